The number of hydrogen-bond acceptors (Lipinski definition) is 4. The van der Waals surface area contributed by atoms with E-state index >= 15 is 0 Å². The number of aromatic amines is 1. The van der Waals surface area contributed by atoms with Crippen molar-refractivity contribution in [3.63, 3.8) is 0 Å². The summed E-state index contributed by atoms with van der Waals surface area (Å²) in [5.74, 6) is -1.41. The second-order valence-electron chi connectivity index (χ2n) is 7.32. The van der Waals surface area contributed by atoms with Crippen LogP contribution in [0.2, 0.25) is 0 Å². The largest absolute Gasteiger partial charge is 0.480 e. The van der Waals surface area contributed by atoms with Crippen molar-refractivity contribution in [1.82, 2.24) is 10.3 Å². The average molecular weight is 371 g/mol. The molecule has 144 valence electrons. The van der Waals surface area contributed by atoms with Crippen molar-refractivity contribution < 1.29 is 14.7 Å². The van der Waals surface area contributed by atoms with E-state index in [-0.39, 0.29) is 6.42 Å². The van der Waals surface area contributed by atoms with Crippen molar-refractivity contribution in [1.29, 1.82) is 0 Å². The molecular formula is C20H25N3O4. The lowest BCUT2D eigenvalue weighted by atomic mass is 9.85. The van der Waals surface area contributed by atoms with Gasteiger partial charge in [-0.25, -0.2) is 4.79 Å². The second-order valence-corrected chi connectivity index (χ2v) is 7.32. The molecule has 3 rings (SSSR count). The van der Waals surface area contributed by atoms with Crippen LogP contribution in [0, 0.1) is 10.8 Å². The molecule has 1 aromatic heterocycles. The van der Waals surface area contributed by atoms with E-state index in [2.05, 4.69) is 15.5 Å². The summed E-state index contributed by atoms with van der Waals surface area (Å²) in [6.45, 7) is 0. The third-order valence-electron chi connectivity index (χ3n) is 5.42. The smallest absolute Gasteiger partial charge is 0.326 e. The number of H-pyrrole nitrogens is 1. The summed E-state index contributed by atoms with van der Waals surface area (Å²) in [4.78, 5) is 38.4. The minimum absolute atomic E-state index is 0.139. The summed E-state index contributed by atoms with van der Waals surface area (Å²) in [6.07, 6.45) is 7.69. The van der Waals surface area contributed by atoms with Crippen LogP contribution in [0.1, 0.15) is 44.1 Å². The number of carbonyl (C=O) groups excluding carboxylic acids is 1. The van der Waals surface area contributed by atoms with Gasteiger partial charge >= 0.3 is 5.97 Å². The number of carbonyl (C=O) groups is 2. The van der Waals surface area contributed by atoms with Crippen LogP contribution in [0.25, 0.3) is 10.9 Å². The van der Waals surface area contributed by atoms with Gasteiger partial charge in [-0.1, -0.05) is 55.5 Å². The van der Waals surface area contributed by atoms with E-state index in [4.69, 9.17) is 0 Å². The Labute approximate surface area is 157 Å². The van der Waals surface area contributed by atoms with Crippen LogP contribution >= 0.6 is 0 Å². The maximum absolute atomic E-state index is 12.5. The topological polar surface area (TPSA) is 112 Å². The van der Waals surface area contributed by atoms with E-state index in [0.29, 0.717) is 12.3 Å². The molecule has 0 aliphatic heterocycles. The Kier molecular flexibility index (Phi) is 6.21. The first kappa shape index (κ1) is 19.1. The van der Waals surface area contributed by atoms with Gasteiger partial charge in [0.1, 0.15) is 6.04 Å². The van der Waals surface area contributed by atoms with E-state index in [9.17, 15) is 19.6 Å². The van der Waals surface area contributed by atoms with Gasteiger partial charge in [-0.05, 0) is 24.0 Å². The summed E-state index contributed by atoms with van der Waals surface area (Å²) in [7, 11) is 0. The Morgan fingerprint density at radius 1 is 1.22 bits per heavy atom. The Hall–Kier alpha value is -2.70. The van der Waals surface area contributed by atoms with Gasteiger partial charge < -0.3 is 15.4 Å². The lowest BCUT2D eigenvalue weighted by Gasteiger charge is -2.23. The third kappa shape index (κ3) is 4.72. The standard InChI is InChI=1S/C20H25N3O4/c24-19(17(23-27)10-13-6-2-1-3-7-13)22-18(20(25)26)11-14-12-21-16-9-5-4-8-15(14)16/h4-5,8-9,12-13,17-18,21H,1-3,6-7,10-11H2,(H,22,24)(H,25,26)/t17?,18-/m0/s1. The number of benzene rings is 1. The van der Waals surface area contributed by atoms with Crippen LogP contribution in [0.15, 0.2) is 35.6 Å². The molecule has 1 heterocycles. The lowest BCUT2D eigenvalue weighted by Crippen LogP contribution is -2.46. The quantitative estimate of drug-likeness (QED) is 0.618. The van der Waals surface area contributed by atoms with Crippen molar-refractivity contribution in [3.05, 3.63) is 40.9 Å². The van der Waals surface area contributed by atoms with Crippen molar-refractivity contribution in [3.8, 4) is 0 Å². The molecule has 7 nitrogen and oxygen atoms in total. The molecule has 1 unspecified atom stereocenters. The Morgan fingerprint density at radius 3 is 2.67 bits per heavy atom. The van der Waals surface area contributed by atoms with Crippen molar-refractivity contribution >= 4 is 22.8 Å². The van der Waals surface area contributed by atoms with Crippen molar-refractivity contribution in [2.45, 2.75) is 57.0 Å². The maximum atomic E-state index is 12.5. The fourth-order valence-corrected chi connectivity index (χ4v) is 3.92. The van der Waals surface area contributed by atoms with Crippen LogP contribution in [-0.4, -0.2) is 34.1 Å². The first-order valence-electron chi connectivity index (χ1n) is 9.49. The van der Waals surface area contributed by atoms with Crippen LogP contribution in [0.4, 0.5) is 0 Å². The number of aliphatic carboxylic acids is 1. The average Bonchev–Trinajstić information content (AvgIpc) is 3.09. The number of aromatic nitrogens is 1. The SMILES string of the molecule is O=NC(CC1CCCCC1)C(=O)N[C@@H](Cc1c[nH]c2ccccc12)C(=O)O. The molecule has 1 amide bonds. The fraction of sp³-hybridized carbons (Fsp3) is 0.500. The number of nitroso groups, excluding NO2 is 1. The Balaban J connectivity index is 1.66. The van der Waals surface area contributed by atoms with Crippen molar-refractivity contribution in [2.24, 2.45) is 11.1 Å². The van der Waals surface area contributed by atoms with Crippen LogP contribution in [0.3, 0.4) is 0 Å². The molecule has 0 bridgehead atoms. The Bertz CT molecular complexity index is 810. The van der Waals surface area contributed by atoms with Gasteiger partial charge in [0.2, 0.25) is 5.91 Å². The number of carboxylic acid groups (broad SMARTS) is 1. The molecule has 27 heavy (non-hydrogen) atoms. The van der Waals surface area contributed by atoms with Gasteiger partial charge in [0, 0.05) is 23.5 Å². The number of para-hydroxylation sites is 1. The molecule has 0 radical (unpaired) electrons. The van der Waals surface area contributed by atoms with Gasteiger partial charge in [0.15, 0.2) is 6.04 Å². The molecule has 0 spiro atoms. The highest BCUT2D eigenvalue weighted by Crippen LogP contribution is 2.28. The summed E-state index contributed by atoms with van der Waals surface area (Å²) < 4.78 is 0. The second kappa shape index (κ2) is 8.79. The summed E-state index contributed by atoms with van der Waals surface area (Å²) in [5, 5.41) is 16.0. The molecule has 3 N–H and O–H groups in total. The highest BCUT2D eigenvalue weighted by Gasteiger charge is 2.29. The summed E-state index contributed by atoms with van der Waals surface area (Å²) in [5.41, 5.74) is 1.72. The zero-order chi connectivity index (χ0) is 19.2. The van der Waals surface area contributed by atoms with Gasteiger partial charge in [0.25, 0.3) is 0 Å². The molecule has 1 fully saturated rings. The lowest BCUT2D eigenvalue weighted by molar-refractivity contribution is -0.142. The fourth-order valence-electron chi connectivity index (χ4n) is 3.92. The summed E-state index contributed by atoms with van der Waals surface area (Å²) in [6, 6.07) is 5.45. The Morgan fingerprint density at radius 2 is 1.96 bits per heavy atom. The van der Waals surface area contributed by atoms with Gasteiger partial charge in [-0.2, -0.15) is 0 Å². The van der Waals surface area contributed by atoms with Gasteiger partial charge in [-0.15, -0.1) is 4.91 Å². The minimum Gasteiger partial charge on any atom is -0.480 e. The van der Waals surface area contributed by atoms with E-state index in [1.807, 2.05) is 24.3 Å². The van der Waals surface area contributed by atoms with Crippen LogP contribution < -0.4 is 5.32 Å². The zero-order valence-electron chi connectivity index (χ0n) is 15.2. The molecule has 0 saturated heterocycles. The van der Waals surface area contributed by atoms with Crippen LogP contribution in [-0.2, 0) is 16.0 Å². The molecule has 2 atom stereocenters. The number of hydrogen-bond donors (Lipinski definition) is 3. The van der Waals surface area contributed by atoms with Crippen molar-refractivity contribution in [2.75, 3.05) is 0 Å². The molecular weight excluding hydrogens is 346 g/mol. The van der Waals surface area contributed by atoms with Gasteiger partial charge in [0.05, 0.1) is 0 Å². The molecule has 1 aliphatic rings. The maximum Gasteiger partial charge on any atom is 0.326 e. The predicted octanol–water partition coefficient (Wildman–Crippen LogP) is 3.39. The normalized spacial score (nSPS) is 17.3. The zero-order valence-corrected chi connectivity index (χ0v) is 15.2. The molecule has 1 saturated carbocycles. The third-order valence-corrected chi connectivity index (χ3v) is 5.42. The predicted molar refractivity (Wildman–Crippen MR) is 102 cm³/mol. The minimum atomic E-state index is -1.13. The van der Waals surface area contributed by atoms with Crippen LogP contribution in [0.5, 0.6) is 0 Å². The number of rotatable bonds is 8. The van der Waals surface area contributed by atoms with E-state index in [1.54, 1.807) is 6.20 Å². The first-order chi connectivity index (χ1) is 13.1. The van der Waals surface area contributed by atoms with Gasteiger partial charge in [-0.3, -0.25) is 4.79 Å². The molecule has 1 aromatic carbocycles. The number of fused-ring (bicyclic) bond motifs is 1. The number of nitrogens with zero attached hydrogens (tertiary/aromatic N) is 1. The van der Waals surface area contributed by atoms with E-state index in [0.717, 1.165) is 42.1 Å². The molecule has 7 heteroatoms. The van der Waals surface area contributed by atoms with E-state index < -0.39 is 24.0 Å². The number of carboxylic acids is 1. The number of amides is 1. The summed E-state index contributed by atoms with van der Waals surface area (Å²) >= 11 is 0. The van der Waals surface area contributed by atoms with E-state index in [1.165, 1.54) is 6.42 Å². The number of nitrogens with one attached hydrogen (secondary N) is 2. The molecule has 2 aromatic rings. The monoisotopic (exact) mass is 371 g/mol. The highest BCUT2D eigenvalue weighted by molar-refractivity contribution is 5.88. The molecule has 1 aliphatic carbocycles. The highest BCUT2D eigenvalue weighted by atomic mass is 16.4. The first-order valence-corrected chi connectivity index (χ1v) is 9.49.